The predicted molar refractivity (Wildman–Crippen MR) is 68.7 cm³/mol. The third-order valence-electron chi connectivity index (χ3n) is 3.79. The van der Waals surface area contributed by atoms with E-state index in [0.717, 1.165) is 32.4 Å². The molecule has 1 aliphatic rings. The van der Waals surface area contributed by atoms with Crippen LogP contribution in [0, 0.1) is 5.92 Å². The number of carbonyl (C=O) groups excluding carboxylic acids is 1. The smallest absolute Gasteiger partial charge is 0.236 e. The van der Waals surface area contributed by atoms with E-state index in [2.05, 4.69) is 19.2 Å². The number of nitrogens with zero attached hydrogens (tertiary/aromatic N) is 1. The quantitative estimate of drug-likeness (QED) is 0.756. The monoisotopic (exact) mass is 242 g/mol. The van der Waals surface area contributed by atoms with Crippen LogP contribution in [-0.4, -0.2) is 47.7 Å². The third kappa shape index (κ3) is 4.64. The van der Waals surface area contributed by atoms with Gasteiger partial charge in [-0.15, -0.1) is 0 Å². The molecule has 4 nitrogen and oxygen atoms in total. The predicted octanol–water partition coefficient (Wildman–Crippen LogP) is 0.994. The number of nitrogens with one attached hydrogen (secondary N) is 1. The van der Waals surface area contributed by atoms with Crippen molar-refractivity contribution in [3.05, 3.63) is 0 Å². The van der Waals surface area contributed by atoms with Crippen LogP contribution >= 0.6 is 0 Å². The third-order valence-corrected chi connectivity index (χ3v) is 3.79. The number of aliphatic hydroxyl groups is 1. The minimum absolute atomic E-state index is 0.189. The zero-order valence-corrected chi connectivity index (χ0v) is 11.3. The van der Waals surface area contributed by atoms with Crippen LogP contribution in [0.25, 0.3) is 0 Å². The summed E-state index contributed by atoms with van der Waals surface area (Å²) in [6, 6.07) is 0.397. The second kappa shape index (κ2) is 6.97. The van der Waals surface area contributed by atoms with Crippen LogP contribution in [0.2, 0.25) is 0 Å². The summed E-state index contributed by atoms with van der Waals surface area (Å²) < 4.78 is 0. The lowest BCUT2D eigenvalue weighted by molar-refractivity contribution is -0.132. The first kappa shape index (κ1) is 14.5. The number of rotatable bonds is 5. The van der Waals surface area contributed by atoms with Crippen LogP contribution in [0.15, 0.2) is 0 Å². The molecule has 100 valence electrons. The number of hydrogen-bond donors (Lipinski definition) is 2. The van der Waals surface area contributed by atoms with E-state index >= 15 is 0 Å². The van der Waals surface area contributed by atoms with Crippen molar-refractivity contribution in [3.8, 4) is 0 Å². The van der Waals surface area contributed by atoms with Crippen LogP contribution in [-0.2, 0) is 4.79 Å². The van der Waals surface area contributed by atoms with Crippen molar-refractivity contribution in [2.75, 3.05) is 19.6 Å². The number of aliphatic hydroxyl groups excluding tert-OH is 1. The van der Waals surface area contributed by atoms with E-state index in [0.29, 0.717) is 18.5 Å². The molecule has 1 fully saturated rings. The highest BCUT2D eigenvalue weighted by Crippen LogP contribution is 2.20. The molecular weight excluding hydrogens is 216 g/mol. The lowest BCUT2D eigenvalue weighted by Crippen LogP contribution is -2.45. The summed E-state index contributed by atoms with van der Waals surface area (Å²) in [7, 11) is 0. The van der Waals surface area contributed by atoms with Gasteiger partial charge >= 0.3 is 0 Å². The molecule has 1 heterocycles. The standard InChI is InChI=1S/C13H26N2O2/c1-4-10(2)14-9-13(17)15-7-5-12(6-8-15)11(3)16/h10-12,14,16H,4-9H2,1-3H3. The Morgan fingerprint density at radius 1 is 1.41 bits per heavy atom. The van der Waals surface area contributed by atoms with E-state index in [4.69, 9.17) is 0 Å². The van der Waals surface area contributed by atoms with Gasteiger partial charge in [0.2, 0.25) is 5.91 Å². The fourth-order valence-electron chi connectivity index (χ4n) is 2.15. The van der Waals surface area contributed by atoms with Gasteiger partial charge in [-0.2, -0.15) is 0 Å². The molecular formula is C13H26N2O2. The minimum Gasteiger partial charge on any atom is -0.393 e. The van der Waals surface area contributed by atoms with Crippen molar-refractivity contribution in [1.29, 1.82) is 0 Å². The van der Waals surface area contributed by atoms with Gasteiger partial charge in [0, 0.05) is 19.1 Å². The highest BCUT2D eigenvalue weighted by atomic mass is 16.3. The number of amides is 1. The van der Waals surface area contributed by atoms with E-state index in [1.54, 1.807) is 0 Å². The molecule has 0 aliphatic carbocycles. The molecule has 0 spiro atoms. The van der Waals surface area contributed by atoms with E-state index in [9.17, 15) is 9.90 Å². The number of hydrogen-bond acceptors (Lipinski definition) is 3. The topological polar surface area (TPSA) is 52.6 Å². The van der Waals surface area contributed by atoms with Crippen molar-refractivity contribution < 1.29 is 9.90 Å². The molecule has 17 heavy (non-hydrogen) atoms. The number of likely N-dealkylation sites (tertiary alicyclic amines) is 1. The Balaban J connectivity index is 2.26. The molecule has 1 saturated heterocycles. The summed E-state index contributed by atoms with van der Waals surface area (Å²) in [6.07, 6.45) is 2.64. The van der Waals surface area contributed by atoms with Gasteiger partial charge in [-0.3, -0.25) is 4.79 Å². The number of carbonyl (C=O) groups is 1. The molecule has 0 radical (unpaired) electrons. The Labute approximate surface area is 104 Å². The zero-order valence-electron chi connectivity index (χ0n) is 11.3. The molecule has 0 aromatic rings. The van der Waals surface area contributed by atoms with Gasteiger partial charge in [-0.05, 0) is 39.0 Å². The molecule has 2 atom stereocenters. The summed E-state index contributed by atoms with van der Waals surface area (Å²) in [6.45, 7) is 8.05. The maximum absolute atomic E-state index is 11.9. The van der Waals surface area contributed by atoms with E-state index in [1.807, 2.05) is 11.8 Å². The Hall–Kier alpha value is -0.610. The molecule has 2 N–H and O–H groups in total. The summed E-state index contributed by atoms with van der Waals surface area (Å²) in [4.78, 5) is 13.8. The first-order valence-corrected chi connectivity index (χ1v) is 6.73. The lowest BCUT2D eigenvalue weighted by atomic mass is 9.92. The summed E-state index contributed by atoms with van der Waals surface area (Å²) >= 11 is 0. The number of piperidine rings is 1. The first-order valence-electron chi connectivity index (χ1n) is 6.73. The highest BCUT2D eigenvalue weighted by Gasteiger charge is 2.25. The van der Waals surface area contributed by atoms with E-state index in [-0.39, 0.29) is 12.0 Å². The van der Waals surface area contributed by atoms with Crippen molar-refractivity contribution in [2.45, 2.75) is 52.2 Å². The Bertz CT molecular complexity index is 236. The first-order chi connectivity index (χ1) is 8.04. The maximum atomic E-state index is 11.9. The molecule has 4 heteroatoms. The second-order valence-corrected chi connectivity index (χ2v) is 5.15. The molecule has 1 rings (SSSR count). The Morgan fingerprint density at radius 3 is 2.47 bits per heavy atom. The van der Waals surface area contributed by atoms with Crippen molar-refractivity contribution in [3.63, 3.8) is 0 Å². The van der Waals surface area contributed by atoms with Crippen LogP contribution in [0.5, 0.6) is 0 Å². The van der Waals surface area contributed by atoms with E-state index < -0.39 is 0 Å². The summed E-state index contributed by atoms with van der Waals surface area (Å²) in [5.74, 6) is 0.552. The van der Waals surface area contributed by atoms with Gasteiger partial charge in [-0.1, -0.05) is 6.92 Å². The molecule has 0 saturated carbocycles. The van der Waals surface area contributed by atoms with Crippen LogP contribution in [0.4, 0.5) is 0 Å². The normalized spacial score (nSPS) is 21.3. The molecule has 0 aromatic carbocycles. The minimum atomic E-state index is -0.245. The highest BCUT2D eigenvalue weighted by molar-refractivity contribution is 5.78. The average Bonchev–Trinajstić information content (AvgIpc) is 2.35. The lowest BCUT2D eigenvalue weighted by Gasteiger charge is -2.33. The molecule has 2 unspecified atom stereocenters. The van der Waals surface area contributed by atoms with Gasteiger partial charge in [0.25, 0.3) is 0 Å². The van der Waals surface area contributed by atoms with Gasteiger partial charge in [0.15, 0.2) is 0 Å². The summed E-state index contributed by atoms with van der Waals surface area (Å²) in [5.41, 5.74) is 0. The fraction of sp³-hybridized carbons (Fsp3) is 0.923. The van der Waals surface area contributed by atoms with Crippen LogP contribution in [0.3, 0.4) is 0 Å². The van der Waals surface area contributed by atoms with Gasteiger partial charge < -0.3 is 15.3 Å². The van der Waals surface area contributed by atoms with E-state index in [1.165, 1.54) is 0 Å². The second-order valence-electron chi connectivity index (χ2n) is 5.15. The zero-order chi connectivity index (χ0) is 12.8. The summed E-state index contributed by atoms with van der Waals surface area (Å²) in [5, 5.41) is 12.7. The Morgan fingerprint density at radius 2 is 2.00 bits per heavy atom. The van der Waals surface area contributed by atoms with Crippen molar-refractivity contribution in [2.24, 2.45) is 5.92 Å². The maximum Gasteiger partial charge on any atom is 0.236 e. The van der Waals surface area contributed by atoms with Gasteiger partial charge in [0.1, 0.15) is 0 Å². The SMILES string of the molecule is CCC(C)NCC(=O)N1CCC(C(C)O)CC1. The molecule has 1 aliphatic heterocycles. The van der Waals surface area contributed by atoms with Crippen molar-refractivity contribution >= 4 is 5.91 Å². The molecule has 0 aromatic heterocycles. The molecule has 0 bridgehead atoms. The molecule has 1 amide bonds. The Kier molecular flexibility index (Phi) is 5.92. The van der Waals surface area contributed by atoms with Crippen LogP contribution < -0.4 is 5.32 Å². The van der Waals surface area contributed by atoms with Crippen molar-refractivity contribution in [1.82, 2.24) is 10.2 Å². The largest absolute Gasteiger partial charge is 0.393 e. The van der Waals surface area contributed by atoms with Gasteiger partial charge in [0.05, 0.1) is 12.6 Å². The van der Waals surface area contributed by atoms with Gasteiger partial charge in [-0.25, -0.2) is 0 Å². The fourth-order valence-corrected chi connectivity index (χ4v) is 2.15. The van der Waals surface area contributed by atoms with Crippen LogP contribution in [0.1, 0.15) is 40.0 Å². The average molecular weight is 242 g/mol.